The van der Waals surface area contributed by atoms with Crippen molar-refractivity contribution in [1.29, 1.82) is 0 Å². The van der Waals surface area contributed by atoms with Gasteiger partial charge in [-0.2, -0.15) is 0 Å². The van der Waals surface area contributed by atoms with E-state index >= 15 is 0 Å². The molecule has 1 aliphatic rings. The van der Waals surface area contributed by atoms with E-state index in [1.165, 1.54) is 0 Å². The number of benzene rings is 1. The van der Waals surface area contributed by atoms with Gasteiger partial charge in [-0.1, -0.05) is 11.2 Å². The van der Waals surface area contributed by atoms with Crippen LogP contribution in [-0.4, -0.2) is 50.6 Å². The molecule has 1 aromatic heterocycles. The highest BCUT2D eigenvalue weighted by Crippen LogP contribution is 2.22. The summed E-state index contributed by atoms with van der Waals surface area (Å²) in [6.45, 7) is 4.13. The van der Waals surface area contributed by atoms with E-state index in [4.69, 9.17) is 9.26 Å². The number of nitrogens with zero attached hydrogens (tertiary/aromatic N) is 2. The zero-order chi connectivity index (χ0) is 19.6. The van der Waals surface area contributed by atoms with Gasteiger partial charge in [0.15, 0.2) is 5.76 Å². The van der Waals surface area contributed by atoms with Crippen LogP contribution in [-0.2, 0) is 10.0 Å². The van der Waals surface area contributed by atoms with Gasteiger partial charge in [0.1, 0.15) is 16.3 Å². The first-order chi connectivity index (χ1) is 12.8. The van der Waals surface area contributed by atoms with E-state index in [1.54, 1.807) is 50.1 Å². The zero-order valence-corrected chi connectivity index (χ0v) is 16.4. The number of amides is 1. The number of ether oxygens (including phenoxy) is 1. The summed E-state index contributed by atoms with van der Waals surface area (Å²) in [6.07, 6.45) is 1.08. The van der Waals surface area contributed by atoms with E-state index in [0.29, 0.717) is 42.9 Å². The van der Waals surface area contributed by atoms with Crippen LogP contribution in [0.3, 0.4) is 0 Å². The third-order valence-corrected chi connectivity index (χ3v) is 6.42. The standard InChI is InChI=1S/C18H23N3O5S/c1-12-17(13(2)26-19-12)27(23,24)20-15-7-9-21(10-8-15)18(22)14-5-4-6-16(11-14)25-3/h4-6,11,15,20H,7-10H2,1-3H3. The largest absolute Gasteiger partial charge is 0.497 e. The van der Waals surface area contributed by atoms with Crippen LogP contribution < -0.4 is 9.46 Å². The quantitative estimate of drug-likeness (QED) is 0.832. The number of carbonyl (C=O) groups excluding carboxylic acids is 1. The van der Waals surface area contributed by atoms with Gasteiger partial charge in [-0.3, -0.25) is 4.79 Å². The average Bonchev–Trinajstić information content (AvgIpc) is 3.00. The van der Waals surface area contributed by atoms with Gasteiger partial charge in [0.05, 0.1) is 7.11 Å². The Kier molecular flexibility index (Phi) is 5.52. The van der Waals surface area contributed by atoms with E-state index in [1.807, 2.05) is 0 Å². The van der Waals surface area contributed by atoms with Gasteiger partial charge < -0.3 is 14.2 Å². The predicted molar refractivity (Wildman–Crippen MR) is 98.2 cm³/mol. The normalized spacial score (nSPS) is 15.7. The highest BCUT2D eigenvalue weighted by Gasteiger charge is 2.30. The number of rotatable bonds is 5. The van der Waals surface area contributed by atoms with Gasteiger partial charge in [-0.25, -0.2) is 13.1 Å². The SMILES string of the molecule is COc1cccc(C(=O)N2CCC(NS(=O)(=O)c3c(C)noc3C)CC2)c1. The van der Waals surface area contributed by atoms with Crippen LogP contribution in [0, 0.1) is 13.8 Å². The summed E-state index contributed by atoms with van der Waals surface area (Å²) in [4.78, 5) is 14.5. The predicted octanol–water partition coefficient (Wildman–Crippen LogP) is 1.88. The molecule has 0 radical (unpaired) electrons. The van der Waals surface area contributed by atoms with E-state index in [2.05, 4.69) is 9.88 Å². The van der Waals surface area contributed by atoms with Gasteiger partial charge in [0.2, 0.25) is 10.0 Å². The van der Waals surface area contributed by atoms with Crippen LogP contribution in [0.4, 0.5) is 0 Å². The first kappa shape index (κ1) is 19.4. The minimum atomic E-state index is -3.70. The van der Waals surface area contributed by atoms with Crippen LogP contribution in [0.1, 0.15) is 34.7 Å². The molecule has 27 heavy (non-hydrogen) atoms. The highest BCUT2D eigenvalue weighted by atomic mass is 32.2. The van der Waals surface area contributed by atoms with E-state index in [-0.39, 0.29) is 22.6 Å². The van der Waals surface area contributed by atoms with Gasteiger partial charge in [-0.15, -0.1) is 0 Å². The summed E-state index contributed by atoms with van der Waals surface area (Å²) in [7, 11) is -2.15. The van der Waals surface area contributed by atoms with Crippen molar-refractivity contribution in [2.75, 3.05) is 20.2 Å². The molecule has 0 bridgehead atoms. The zero-order valence-electron chi connectivity index (χ0n) is 15.6. The molecule has 1 fully saturated rings. The number of hydrogen-bond acceptors (Lipinski definition) is 6. The number of methoxy groups -OCH3 is 1. The molecule has 1 aliphatic heterocycles. The first-order valence-corrected chi connectivity index (χ1v) is 10.2. The molecule has 2 heterocycles. The van der Waals surface area contributed by atoms with Crippen molar-refractivity contribution in [1.82, 2.24) is 14.8 Å². The molecule has 3 rings (SSSR count). The molecule has 0 atom stereocenters. The summed E-state index contributed by atoms with van der Waals surface area (Å²) in [5.41, 5.74) is 0.898. The second kappa shape index (κ2) is 7.69. The maximum Gasteiger partial charge on any atom is 0.253 e. The molecule has 0 spiro atoms. The van der Waals surface area contributed by atoms with E-state index in [0.717, 1.165) is 0 Å². The van der Waals surface area contributed by atoms with Crippen molar-refractivity contribution in [3.63, 3.8) is 0 Å². The number of likely N-dealkylation sites (tertiary alicyclic amines) is 1. The van der Waals surface area contributed by atoms with Crippen molar-refractivity contribution in [3.05, 3.63) is 41.3 Å². The van der Waals surface area contributed by atoms with Crippen molar-refractivity contribution < 1.29 is 22.5 Å². The fourth-order valence-corrected chi connectivity index (χ4v) is 4.91. The van der Waals surface area contributed by atoms with Crippen LogP contribution in [0.25, 0.3) is 0 Å². The maximum absolute atomic E-state index is 12.6. The molecule has 1 saturated heterocycles. The monoisotopic (exact) mass is 393 g/mol. The van der Waals surface area contributed by atoms with Gasteiger partial charge >= 0.3 is 0 Å². The Labute approximate surface area is 158 Å². The Bertz CT molecular complexity index is 911. The minimum absolute atomic E-state index is 0.0825. The van der Waals surface area contributed by atoms with Crippen LogP contribution in [0.2, 0.25) is 0 Å². The van der Waals surface area contributed by atoms with Crippen molar-refractivity contribution >= 4 is 15.9 Å². The van der Waals surface area contributed by atoms with Gasteiger partial charge in [0, 0.05) is 24.7 Å². The molecule has 0 saturated carbocycles. The summed E-state index contributed by atoms with van der Waals surface area (Å²) in [5.74, 6) is 0.814. The van der Waals surface area contributed by atoms with E-state index < -0.39 is 10.0 Å². The summed E-state index contributed by atoms with van der Waals surface area (Å²) in [6, 6.07) is 6.77. The number of nitrogens with one attached hydrogen (secondary N) is 1. The van der Waals surface area contributed by atoms with Gasteiger partial charge in [-0.05, 0) is 44.9 Å². The second-order valence-corrected chi connectivity index (χ2v) is 8.22. The molecular formula is C18H23N3O5S. The lowest BCUT2D eigenvalue weighted by molar-refractivity contribution is 0.0711. The molecule has 1 amide bonds. The maximum atomic E-state index is 12.6. The molecule has 8 nitrogen and oxygen atoms in total. The number of aromatic nitrogens is 1. The lowest BCUT2D eigenvalue weighted by Gasteiger charge is -2.32. The van der Waals surface area contributed by atoms with Crippen molar-refractivity contribution in [2.24, 2.45) is 0 Å². The van der Waals surface area contributed by atoms with Crippen LogP contribution >= 0.6 is 0 Å². The number of sulfonamides is 1. The number of aryl methyl sites for hydroxylation is 2. The Hall–Kier alpha value is -2.39. The number of carbonyl (C=O) groups is 1. The molecule has 1 N–H and O–H groups in total. The molecule has 9 heteroatoms. The molecular weight excluding hydrogens is 370 g/mol. The average molecular weight is 393 g/mol. The molecule has 146 valence electrons. The van der Waals surface area contributed by atoms with Gasteiger partial charge in [0.25, 0.3) is 5.91 Å². The Morgan fingerprint density at radius 2 is 2.00 bits per heavy atom. The first-order valence-electron chi connectivity index (χ1n) is 8.70. The van der Waals surface area contributed by atoms with Crippen molar-refractivity contribution in [2.45, 2.75) is 37.6 Å². The number of piperidine rings is 1. The Morgan fingerprint density at radius 3 is 2.59 bits per heavy atom. The summed E-state index contributed by atoms with van der Waals surface area (Å²) < 4.78 is 38.0. The van der Waals surface area contributed by atoms with Crippen molar-refractivity contribution in [3.8, 4) is 5.75 Å². The van der Waals surface area contributed by atoms with E-state index in [9.17, 15) is 13.2 Å². The molecule has 1 aromatic carbocycles. The molecule has 2 aromatic rings. The number of hydrogen-bond donors (Lipinski definition) is 1. The highest BCUT2D eigenvalue weighted by molar-refractivity contribution is 7.89. The van der Waals surface area contributed by atoms with Crippen LogP contribution in [0.15, 0.2) is 33.7 Å². The third-order valence-electron chi connectivity index (χ3n) is 4.66. The second-order valence-electron chi connectivity index (χ2n) is 6.57. The smallest absolute Gasteiger partial charge is 0.253 e. The Morgan fingerprint density at radius 1 is 1.30 bits per heavy atom. The fraction of sp³-hybridized carbons (Fsp3) is 0.444. The lowest BCUT2D eigenvalue weighted by atomic mass is 10.0. The summed E-state index contributed by atoms with van der Waals surface area (Å²) >= 11 is 0. The summed E-state index contributed by atoms with van der Waals surface area (Å²) in [5, 5.41) is 3.70. The minimum Gasteiger partial charge on any atom is -0.497 e. The molecule has 0 unspecified atom stereocenters. The topological polar surface area (TPSA) is 102 Å². The third kappa shape index (κ3) is 4.14. The lowest BCUT2D eigenvalue weighted by Crippen LogP contribution is -2.46. The Balaban J connectivity index is 1.63. The van der Waals surface area contributed by atoms with Crippen LogP contribution in [0.5, 0.6) is 5.75 Å². The fourth-order valence-electron chi connectivity index (χ4n) is 3.28. The molecule has 0 aliphatic carbocycles.